The minimum atomic E-state index is -3.33. The number of ether oxygens (including phenoxy) is 2. The molecule has 0 bridgehead atoms. The predicted molar refractivity (Wildman–Crippen MR) is 181 cm³/mol. The number of carbonyl (C=O) groups is 1. The summed E-state index contributed by atoms with van der Waals surface area (Å²) in [6, 6.07) is 23.4. The Bertz CT molecular complexity index is 1680. The number of anilines is 3. The van der Waals surface area contributed by atoms with Crippen LogP contribution in [0.1, 0.15) is 28.8 Å². The van der Waals surface area contributed by atoms with E-state index in [0.717, 1.165) is 50.0 Å². The summed E-state index contributed by atoms with van der Waals surface area (Å²) < 4.78 is 36.1. The minimum Gasteiger partial charge on any atom is -0.495 e. The van der Waals surface area contributed by atoms with Gasteiger partial charge in [0.05, 0.1) is 18.4 Å². The van der Waals surface area contributed by atoms with Crippen molar-refractivity contribution in [1.29, 1.82) is 0 Å². The highest BCUT2D eigenvalue weighted by Gasteiger charge is 2.19. The number of aromatic nitrogens is 1. The molecule has 1 fully saturated rings. The first-order valence-corrected chi connectivity index (χ1v) is 16.3. The lowest BCUT2D eigenvalue weighted by Gasteiger charge is -2.32. The zero-order chi connectivity index (χ0) is 31.1. The lowest BCUT2D eigenvalue weighted by molar-refractivity contribution is 0.102. The van der Waals surface area contributed by atoms with Crippen LogP contribution < -0.4 is 24.8 Å². The van der Waals surface area contributed by atoms with Crippen molar-refractivity contribution in [3.63, 3.8) is 0 Å². The molecule has 238 valence electrons. The molecule has 0 aliphatic carbocycles. The third kappa shape index (κ3) is 9.98. The molecule has 0 unspecified atom stereocenters. The SMILES string of the molecule is COc1ccc(NC(=O)c2ccc(NC3CCN(Cc4ccc(Oc5ccc(NS(C)(=O)=O)cc5)nc4)CC3)cc2)cc1Cl.Cl. The van der Waals surface area contributed by atoms with E-state index < -0.39 is 10.0 Å². The monoisotopic (exact) mass is 671 g/mol. The van der Waals surface area contributed by atoms with E-state index in [1.54, 1.807) is 49.6 Å². The summed E-state index contributed by atoms with van der Waals surface area (Å²) in [5, 5.41) is 6.89. The standard InChI is InChI=1S/C32H34ClN5O5S.ClH/c1-42-30-13-10-27(19-29(30)33)36-32(39)23-4-6-24(7-5-23)35-25-15-17-38(18-16-25)21-22-3-14-31(34-20-22)43-28-11-8-26(9-12-28)37-44(2,40)41;/h3-14,19-20,25,35,37H,15-18,21H2,1-2H3,(H,36,39);1H. The number of sulfonamides is 1. The summed E-state index contributed by atoms with van der Waals surface area (Å²) in [6.07, 6.45) is 4.92. The third-order valence-corrected chi connectivity index (χ3v) is 8.00. The molecule has 3 N–H and O–H groups in total. The maximum atomic E-state index is 12.7. The number of nitrogens with one attached hydrogen (secondary N) is 3. The average Bonchev–Trinajstić information content (AvgIpc) is 3.00. The van der Waals surface area contributed by atoms with E-state index in [4.69, 9.17) is 21.1 Å². The summed E-state index contributed by atoms with van der Waals surface area (Å²) in [5.74, 6) is 1.37. The smallest absolute Gasteiger partial charge is 0.255 e. The molecule has 1 aliphatic rings. The normalized spacial score (nSPS) is 13.8. The maximum absolute atomic E-state index is 12.7. The fourth-order valence-electron chi connectivity index (χ4n) is 4.89. The topological polar surface area (TPSA) is 122 Å². The number of methoxy groups -OCH3 is 1. The molecular weight excluding hydrogens is 637 g/mol. The molecule has 1 amide bonds. The first-order chi connectivity index (χ1) is 21.1. The molecule has 4 aromatic rings. The van der Waals surface area contributed by atoms with E-state index in [2.05, 4.69) is 25.2 Å². The van der Waals surface area contributed by atoms with E-state index in [-0.39, 0.29) is 18.3 Å². The van der Waals surface area contributed by atoms with Crippen molar-refractivity contribution in [3.05, 3.63) is 101 Å². The van der Waals surface area contributed by atoms with Crippen molar-refractivity contribution in [3.8, 4) is 17.4 Å². The van der Waals surface area contributed by atoms with Gasteiger partial charge in [-0.2, -0.15) is 0 Å². The zero-order valence-corrected chi connectivity index (χ0v) is 27.2. The Morgan fingerprint density at radius 2 is 1.62 bits per heavy atom. The summed E-state index contributed by atoms with van der Waals surface area (Å²) in [7, 11) is -1.78. The second-order valence-electron chi connectivity index (χ2n) is 10.6. The summed E-state index contributed by atoms with van der Waals surface area (Å²) >= 11 is 6.16. The quantitative estimate of drug-likeness (QED) is 0.162. The second kappa shape index (κ2) is 15.3. The van der Waals surface area contributed by atoms with Crippen molar-refractivity contribution in [2.75, 3.05) is 41.8 Å². The molecule has 45 heavy (non-hydrogen) atoms. The molecule has 0 saturated carbocycles. The number of nitrogens with zero attached hydrogens (tertiary/aromatic N) is 2. The lowest BCUT2D eigenvalue weighted by atomic mass is 10.0. The van der Waals surface area contributed by atoms with Crippen LogP contribution in [-0.2, 0) is 16.6 Å². The minimum absolute atomic E-state index is 0. The van der Waals surface area contributed by atoms with Gasteiger partial charge in [0.1, 0.15) is 11.5 Å². The number of likely N-dealkylation sites (tertiary alicyclic amines) is 1. The van der Waals surface area contributed by atoms with Gasteiger partial charge >= 0.3 is 0 Å². The van der Waals surface area contributed by atoms with Gasteiger partial charge in [-0.05, 0) is 85.1 Å². The summed E-state index contributed by atoms with van der Waals surface area (Å²) in [6.45, 7) is 2.71. The van der Waals surface area contributed by atoms with Crippen LogP contribution in [-0.4, -0.2) is 56.7 Å². The predicted octanol–water partition coefficient (Wildman–Crippen LogP) is 6.66. The number of benzene rings is 3. The molecule has 0 spiro atoms. The first kappa shape index (κ1) is 33.9. The van der Waals surface area contributed by atoms with Gasteiger partial charge < -0.3 is 20.1 Å². The van der Waals surface area contributed by atoms with Crippen molar-refractivity contribution >= 4 is 57.0 Å². The average molecular weight is 673 g/mol. The number of halogens is 2. The van der Waals surface area contributed by atoms with Crippen LogP contribution in [0.25, 0.3) is 0 Å². The highest BCUT2D eigenvalue weighted by molar-refractivity contribution is 7.92. The van der Waals surface area contributed by atoms with Gasteiger partial charge in [0.25, 0.3) is 5.91 Å². The number of hydrogen-bond donors (Lipinski definition) is 3. The number of pyridine rings is 1. The third-order valence-electron chi connectivity index (χ3n) is 7.10. The van der Waals surface area contributed by atoms with Gasteiger partial charge in [-0.25, -0.2) is 13.4 Å². The molecule has 0 radical (unpaired) electrons. The van der Waals surface area contributed by atoms with Gasteiger partial charge in [-0.1, -0.05) is 17.7 Å². The zero-order valence-electron chi connectivity index (χ0n) is 24.8. The van der Waals surface area contributed by atoms with E-state index in [0.29, 0.717) is 45.4 Å². The Morgan fingerprint density at radius 3 is 2.22 bits per heavy atom. The molecule has 1 saturated heterocycles. The summed E-state index contributed by atoms with van der Waals surface area (Å²) in [4.78, 5) is 19.5. The van der Waals surface area contributed by atoms with Crippen LogP contribution in [0.3, 0.4) is 0 Å². The van der Waals surface area contributed by atoms with E-state index >= 15 is 0 Å². The number of hydrogen-bond acceptors (Lipinski definition) is 8. The van der Waals surface area contributed by atoms with Crippen LogP contribution in [0.4, 0.5) is 17.1 Å². The lowest BCUT2D eigenvalue weighted by Crippen LogP contribution is -2.38. The van der Waals surface area contributed by atoms with Crippen molar-refractivity contribution < 1.29 is 22.7 Å². The number of amides is 1. The molecule has 1 aromatic heterocycles. The fraction of sp³-hybridized carbons (Fsp3) is 0.250. The largest absolute Gasteiger partial charge is 0.495 e. The van der Waals surface area contributed by atoms with Crippen LogP contribution in [0.5, 0.6) is 17.4 Å². The first-order valence-electron chi connectivity index (χ1n) is 14.1. The second-order valence-corrected chi connectivity index (χ2v) is 12.7. The number of rotatable bonds is 11. The molecule has 2 heterocycles. The molecule has 3 aromatic carbocycles. The van der Waals surface area contributed by atoms with Gasteiger partial charge in [0.2, 0.25) is 15.9 Å². The molecule has 5 rings (SSSR count). The highest BCUT2D eigenvalue weighted by atomic mass is 35.5. The number of carbonyl (C=O) groups excluding carboxylic acids is 1. The van der Waals surface area contributed by atoms with Crippen LogP contribution in [0, 0.1) is 0 Å². The van der Waals surface area contributed by atoms with Crippen molar-refractivity contribution in [2.24, 2.45) is 0 Å². The van der Waals surface area contributed by atoms with Gasteiger partial charge in [-0.15, -0.1) is 12.4 Å². The van der Waals surface area contributed by atoms with Crippen molar-refractivity contribution in [2.45, 2.75) is 25.4 Å². The van der Waals surface area contributed by atoms with Crippen LogP contribution >= 0.6 is 24.0 Å². The Morgan fingerprint density at radius 1 is 0.956 bits per heavy atom. The van der Waals surface area contributed by atoms with E-state index in [1.165, 1.54) is 0 Å². The van der Waals surface area contributed by atoms with Gasteiger partial charge in [0.15, 0.2) is 0 Å². The summed E-state index contributed by atoms with van der Waals surface area (Å²) in [5.41, 5.74) is 3.71. The Labute approximate surface area is 274 Å². The van der Waals surface area contributed by atoms with Gasteiger partial charge in [-0.3, -0.25) is 14.4 Å². The molecular formula is C32H35Cl2N5O5S. The van der Waals surface area contributed by atoms with E-state index in [9.17, 15) is 13.2 Å². The molecule has 0 atom stereocenters. The highest BCUT2D eigenvalue weighted by Crippen LogP contribution is 2.28. The Balaban J connectivity index is 0.00000461. The maximum Gasteiger partial charge on any atom is 0.255 e. The Hall–Kier alpha value is -4.03. The molecule has 1 aliphatic heterocycles. The van der Waals surface area contributed by atoms with Crippen LogP contribution in [0.15, 0.2) is 85.1 Å². The fourth-order valence-corrected chi connectivity index (χ4v) is 5.71. The van der Waals surface area contributed by atoms with E-state index in [1.807, 2.05) is 42.6 Å². The number of piperidine rings is 1. The Kier molecular flexibility index (Phi) is 11.5. The molecule has 13 heteroatoms. The van der Waals surface area contributed by atoms with Crippen LogP contribution in [0.2, 0.25) is 5.02 Å². The van der Waals surface area contributed by atoms with Crippen molar-refractivity contribution in [1.82, 2.24) is 9.88 Å². The molecule has 10 nitrogen and oxygen atoms in total. The van der Waals surface area contributed by atoms with Gasteiger partial charge in [0, 0.05) is 60.6 Å².